The molecule has 0 spiro atoms. The predicted molar refractivity (Wildman–Crippen MR) is 78.2 cm³/mol. The standard InChI is InChI=1S/C16H27N3/c1-13-5-2-3-6-15(13)11-19-12-18-10-16(19)14-7-4-8-17-9-14/h10,12-15,17H,2-9,11H2,1H3. The summed E-state index contributed by atoms with van der Waals surface area (Å²) in [5.41, 5.74) is 1.46. The van der Waals surface area contributed by atoms with Crippen molar-refractivity contribution < 1.29 is 0 Å². The molecule has 0 radical (unpaired) electrons. The van der Waals surface area contributed by atoms with Crippen LogP contribution in [-0.2, 0) is 6.54 Å². The minimum absolute atomic E-state index is 0.676. The average Bonchev–Trinajstić information content (AvgIpc) is 2.91. The number of rotatable bonds is 3. The molecule has 1 saturated heterocycles. The van der Waals surface area contributed by atoms with Crippen LogP contribution in [0, 0.1) is 11.8 Å². The van der Waals surface area contributed by atoms with E-state index in [0.717, 1.165) is 18.4 Å². The predicted octanol–water partition coefficient (Wildman–Crippen LogP) is 3.18. The minimum Gasteiger partial charge on any atom is -0.334 e. The van der Waals surface area contributed by atoms with Crippen LogP contribution in [0.3, 0.4) is 0 Å². The largest absolute Gasteiger partial charge is 0.334 e. The fourth-order valence-electron chi connectivity index (χ4n) is 3.84. The zero-order chi connectivity index (χ0) is 13.1. The van der Waals surface area contributed by atoms with Crippen LogP contribution >= 0.6 is 0 Å². The first-order valence-corrected chi connectivity index (χ1v) is 8.05. The molecule has 106 valence electrons. The molecule has 3 nitrogen and oxygen atoms in total. The Morgan fingerprint density at radius 3 is 2.95 bits per heavy atom. The summed E-state index contributed by atoms with van der Waals surface area (Å²) < 4.78 is 2.45. The molecule has 1 aliphatic heterocycles. The van der Waals surface area contributed by atoms with Gasteiger partial charge in [0, 0.05) is 30.9 Å². The third-order valence-corrected chi connectivity index (χ3v) is 5.18. The maximum Gasteiger partial charge on any atom is 0.0948 e. The second kappa shape index (κ2) is 6.08. The Bertz CT molecular complexity index is 392. The first-order valence-electron chi connectivity index (χ1n) is 8.05. The quantitative estimate of drug-likeness (QED) is 0.905. The molecule has 2 fully saturated rings. The van der Waals surface area contributed by atoms with E-state index < -0.39 is 0 Å². The number of piperidine rings is 1. The number of hydrogen-bond acceptors (Lipinski definition) is 2. The van der Waals surface area contributed by atoms with Gasteiger partial charge >= 0.3 is 0 Å². The van der Waals surface area contributed by atoms with Crippen molar-refractivity contribution in [1.29, 1.82) is 0 Å². The second-order valence-corrected chi connectivity index (χ2v) is 6.54. The first kappa shape index (κ1) is 13.2. The van der Waals surface area contributed by atoms with E-state index in [1.165, 1.54) is 57.3 Å². The number of hydrogen-bond donors (Lipinski definition) is 1. The summed E-state index contributed by atoms with van der Waals surface area (Å²) in [5.74, 6) is 2.42. The van der Waals surface area contributed by atoms with E-state index in [4.69, 9.17) is 0 Å². The molecule has 1 N–H and O–H groups in total. The monoisotopic (exact) mass is 261 g/mol. The second-order valence-electron chi connectivity index (χ2n) is 6.54. The first-order chi connectivity index (χ1) is 9.34. The van der Waals surface area contributed by atoms with E-state index in [1.54, 1.807) is 0 Å². The van der Waals surface area contributed by atoms with Crippen LogP contribution < -0.4 is 5.32 Å². The van der Waals surface area contributed by atoms with Crippen LogP contribution in [0.2, 0.25) is 0 Å². The maximum absolute atomic E-state index is 4.42. The molecule has 1 saturated carbocycles. The normalized spacial score (nSPS) is 32.4. The molecule has 0 amide bonds. The summed E-state index contributed by atoms with van der Waals surface area (Å²) in [6.07, 6.45) is 12.5. The molecular formula is C16H27N3. The topological polar surface area (TPSA) is 29.9 Å². The fraction of sp³-hybridized carbons (Fsp3) is 0.812. The number of nitrogens with one attached hydrogen (secondary N) is 1. The van der Waals surface area contributed by atoms with Gasteiger partial charge < -0.3 is 9.88 Å². The van der Waals surface area contributed by atoms with Crippen molar-refractivity contribution in [3.8, 4) is 0 Å². The van der Waals surface area contributed by atoms with Gasteiger partial charge in [-0.1, -0.05) is 26.2 Å². The lowest BCUT2D eigenvalue weighted by Crippen LogP contribution is -2.30. The molecule has 3 rings (SSSR count). The lowest BCUT2D eigenvalue weighted by molar-refractivity contribution is 0.225. The molecule has 1 aromatic rings. The van der Waals surface area contributed by atoms with Crippen molar-refractivity contribution in [3.05, 3.63) is 18.2 Å². The highest BCUT2D eigenvalue weighted by atomic mass is 15.1. The Labute approximate surface area is 116 Å². The Kier molecular flexibility index (Phi) is 4.21. The van der Waals surface area contributed by atoms with Crippen molar-refractivity contribution in [1.82, 2.24) is 14.9 Å². The van der Waals surface area contributed by atoms with Gasteiger partial charge in [-0.15, -0.1) is 0 Å². The van der Waals surface area contributed by atoms with Crippen molar-refractivity contribution in [2.24, 2.45) is 11.8 Å². The van der Waals surface area contributed by atoms with Gasteiger partial charge in [-0.2, -0.15) is 0 Å². The van der Waals surface area contributed by atoms with Crippen molar-refractivity contribution in [2.75, 3.05) is 13.1 Å². The molecule has 1 aromatic heterocycles. The zero-order valence-electron chi connectivity index (χ0n) is 12.1. The van der Waals surface area contributed by atoms with E-state index in [1.807, 2.05) is 0 Å². The van der Waals surface area contributed by atoms with E-state index >= 15 is 0 Å². The third-order valence-electron chi connectivity index (χ3n) is 5.18. The lowest BCUT2D eigenvalue weighted by atomic mass is 9.80. The van der Waals surface area contributed by atoms with Crippen molar-refractivity contribution in [2.45, 2.75) is 57.9 Å². The smallest absolute Gasteiger partial charge is 0.0948 e. The van der Waals surface area contributed by atoms with Crippen LogP contribution in [0.15, 0.2) is 12.5 Å². The van der Waals surface area contributed by atoms with Crippen LogP contribution in [-0.4, -0.2) is 22.6 Å². The molecule has 19 heavy (non-hydrogen) atoms. The molecule has 3 atom stereocenters. The average molecular weight is 261 g/mol. The molecule has 2 heterocycles. The van der Waals surface area contributed by atoms with Gasteiger partial charge in [0.05, 0.1) is 6.33 Å². The molecule has 0 bridgehead atoms. The SMILES string of the molecule is CC1CCCCC1Cn1cncc1C1CCCNC1. The molecule has 1 aliphatic carbocycles. The Hall–Kier alpha value is -0.830. The summed E-state index contributed by atoms with van der Waals surface area (Å²) in [6, 6.07) is 0. The van der Waals surface area contributed by atoms with Gasteiger partial charge in [-0.3, -0.25) is 0 Å². The summed E-state index contributed by atoms with van der Waals surface area (Å²) in [7, 11) is 0. The van der Waals surface area contributed by atoms with E-state index in [-0.39, 0.29) is 0 Å². The van der Waals surface area contributed by atoms with Crippen molar-refractivity contribution >= 4 is 0 Å². The highest BCUT2D eigenvalue weighted by Gasteiger charge is 2.24. The Morgan fingerprint density at radius 2 is 2.16 bits per heavy atom. The van der Waals surface area contributed by atoms with Crippen LogP contribution in [0.4, 0.5) is 0 Å². The summed E-state index contributed by atoms with van der Waals surface area (Å²) in [5, 5.41) is 3.52. The Morgan fingerprint density at radius 1 is 1.26 bits per heavy atom. The minimum atomic E-state index is 0.676. The summed E-state index contributed by atoms with van der Waals surface area (Å²) in [6.45, 7) is 5.94. The lowest BCUT2D eigenvalue weighted by Gasteiger charge is -2.31. The molecule has 0 aromatic carbocycles. The number of aromatic nitrogens is 2. The summed E-state index contributed by atoms with van der Waals surface area (Å²) in [4.78, 5) is 4.42. The third kappa shape index (κ3) is 3.02. The van der Waals surface area contributed by atoms with Crippen LogP contribution in [0.25, 0.3) is 0 Å². The highest BCUT2D eigenvalue weighted by Crippen LogP contribution is 2.32. The van der Waals surface area contributed by atoms with Gasteiger partial charge in [-0.05, 0) is 37.6 Å². The molecule has 3 unspecified atom stereocenters. The number of imidazole rings is 1. The summed E-state index contributed by atoms with van der Waals surface area (Å²) >= 11 is 0. The molecular weight excluding hydrogens is 234 g/mol. The van der Waals surface area contributed by atoms with E-state index in [9.17, 15) is 0 Å². The van der Waals surface area contributed by atoms with Crippen molar-refractivity contribution in [3.63, 3.8) is 0 Å². The van der Waals surface area contributed by atoms with Gasteiger partial charge in [0.15, 0.2) is 0 Å². The van der Waals surface area contributed by atoms with Gasteiger partial charge in [0.25, 0.3) is 0 Å². The highest BCUT2D eigenvalue weighted by molar-refractivity contribution is 5.08. The fourth-order valence-corrected chi connectivity index (χ4v) is 3.84. The van der Waals surface area contributed by atoms with Crippen LogP contribution in [0.1, 0.15) is 57.1 Å². The zero-order valence-corrected chi connectivity index (χ0v) is 12.1. The molecule has 3 heteroatoms. The van der Waals surface area contributed by atoms with E-state index in [0.29, 0.717) is 5.92 Å². The van der Waals surface area contributed by atoms with Gasteiger partial charge in [0.1, 0.15) is 0 Å². The number of nitrogens with zero attached hydrogens (tertiary/aromatic N) is 2. The van der Waals surface area contributed by atoms with Crippen LogP contribution in [0.5, 0.6) is 0 Å². The van der Waals surface area contributed by atoms with Gasteiger partial charge in [-0.25, -0.2) is 4.98 Å². The van der Waals surface area contributed by atoms with Gasteiger partial charge in [0.2, 0.25) is 0 Å². The molecule has 2 aliphatic rings. The maximum atomic E-state index is 4.42. The Balaban J connectivity index is 1.68. The van der Waals surface area contributed by atoms with E-state index in [2.05, 4.69) is 34.3 Å².